The van der Waals surface area contributed by atoms with Crippen LogP contribution in [-0.2, 0) is 6.18 Å². The Morgan fingerprint density at radius 1 is 1.27 bits per heavy atom. The Balaban J connectivity index is 2.31. The first-order valence-corrected chi connectivity index (χ1v) is 6.54. The van der Waals surface area contributed by atoms with Crippen molar-refractivity contribution in [3.8, 4) is 17.0 Å². The summed E-state index contributed by atoms with van der Waals surface area (Å²) in [6.07, 6.45) is -2.45. The van der Waals surface area contributed by atoms with Crippen LogP contribution in [0.3, 0.4) is 0 Å². The van der Waals surface area contributed by atoms with Gasteiger partial charge in [-0.15, -0.1) is 0 Å². The molecule has 0 fully saturated rings. The fourth-order valence-corrected chi connectivity index (χ4v) is 2.40. The van der Waals surface area contributed by atoms with Gasteiger partial charge >= 0.3 is 6.18 Å². The third kappa shape index (κ3) is 2.37. The maximum Gasteiger partial charge on any atom is 0.419 e. The smallest absolute Gasteiger partial charge is 0.419 e. The van der Waals surface area contributed by atoms with Crippen LogP contribution in [0.2, 0.25) is 5.28 Å². The number of methoxy groups -OCH3 is 1. The summed E-state index contributed by atoms with van der Waals surface area (Å²) in [5.74, 6) is 0.525. The Kier molecular flexibility index (Phi) is 3.44. The third-order valence-corrected chi connectivity index (χ3v) is 3.40. The third-order valence-electron chi connectivity index (χ3n) is 3.22. The van der Waals surface area contributed by atoms with Crippen molar-refractivity contribution in [2.24, 2.45) is 0 Å². The summed E-state index contributed by atoms with van der Waals surface area (Å²) >= 11 is 5.67. The second kappa shape index (κ2) is 5.17. The number of alkyl halides is 3. The maximum absolute atomic E-state index is 13.2. The van der Waals surface area contributed by atoms with Gasteiger partial charge in [0.25, 0.3) is 0 Å². The first kappa shape index (κ1) is 14.6. The van der Waals surface area contributed by atoms with Crippen LogP contribution in [0.1, 0.15) is 5.56 Å². The zero-order valence-electron chi connectivity index (χ0n) is 11.2. The van der Waals surface area contributed by atoms with Crippen molar-refractivity contribution in [3.63, 3.8) is 0 Å². The van der Waals surface area contributed by atoms with Gasteiger partial charge < -0.3 is 9.72 Å². The minimum Gasteiger partial charge on any atom is -0.495 e. The number of ether oxygens (including phenoxy) is 1. The van der Waals surface area contributed by atoms with Crippen molar-refractivity contribution in [1.29, 1.82) is 0 Å². The van der Waals surface area contributed by atoms with E-state index in [1.54, 1.807) is 18.2 Å². The van der Waals surface area contributed by atoms with Gasteiger partial charge in [0, 0.05) is 23.3 Å². The highest BCUT2D eigenvalue weighted by Gasteiger charge is 2.36. The van der Waals surface area contributed by atoms with Crippen molar-refractivity contribution in [1.82, 2.24) is 15.0 Å². The molecule has 3 rings (SSSR count). The van der Waals surface area contributed by atoms with E-state index in [2.05, 4.69) is 15.0 Å². The van der Waals surface area contributed by atoms with Crippen molar-refractivity contribution in [2.45, 2.75) is 6.18 Å². The number of nitrogens with one attached hydrogen (secondary N) is 1. The predicted molar refractivity (Wildman–Crippen MR) is 75.9 cm³/mol. The van der Waals surface area contributed by atoms with Crippen molar-refractivity contribution < 1.29 is 17.9 Å². The van der Waals surface area contributed by atoms with E-state index in [9.17, 15) is 13.2 Å². The molecule has 8 heteroatoms. The number of para-hydroxylation sites is 1. The molecule has 114 valence electrons. The lowest BCUT2D eigenvalue weighted by Gasteiger charge is -2.11. The number of nitrogens with zero attached hydrogens (tertiary/aromatic N) is 2. The number of benzene rings is 1. The molecule has 0 aliphatic heterocycles. The van der Waals surface area contributed by atoms with Gasteiger partial charge in [-0.05, 0) is 17.7 Å². The lowest BCUT2D eigenvalue weighted by atomic mass is 10.1. The SMILES string of the molecule is COc1cccc2c(-c3nc(Cl)ncc3C(F)(F)F)c[nH]c12. The van der Waals surface area contributed by atoms with Crippen LogP contribution in [-0.4, -0.2) is 22.1 Å². The molecule has 4 nitrogen and oxygen atoms in total. The van der Waals surface area contributed by atoms with Gasteiger partial charge in [0.05, 0.1) is 18.3 Å². The molecule has 1 N–H and O–H groups in total. The number of aromatic amines is 1. The molecule has 0 amide bonds. The topological polar surface area (TPSA) is 50.8 Å². The summed E-state index contributed by atoms with van der Waals surface area (Å²) in [5.41, 5.74) is -0.346. The van der Waals surface area contributed by atoms with Gasteiger partial charge in [-0.3, -0.25) is 0 Å². The van der Waals surface area contributed by atoms with Gasteiger partial charge in [-0.2, -0.15) is 13.2 Å². The molecule has 2 heterocycles. The number of rotatable bonds is 2. The van der Waals surface area contributed by atoms with Gasteiger partial charge in [0.15, 0.2) is 0 Å². The van der Waals surface area contributed by atoms with Crippen molar-refractivity contribution >= 4 is 22.5 Å². The van der Waals surface area contributed by atoms with Crippen LogP contribution in [0.25, 0.3) is 22.2 Å². The second-order valence-corrected chi connectivity index (χ2v) is 4.82. The Bertz CT molecular complexity index is 845. The van der Waals surface area contributed by atoms with E-state index < -0.39 is 11.7 Å². The van der Waals surface area contributed by atoms with E-state index in [4.69, 9.17) is 16.3 Å². The second-order valence-electron chi connectivity index (χ2n) is 4.48. The number of hydrogen-bond donors (Lipinski definition) is 1. The fourth-order valence-electron chi connectivity index (χ4n) is 2.27. The first-order valence-electron chi connectivity index (χ1n) is 6.16. The van der Waals surface area contributed by atoms with Gasteiger partial charge in [-0.25, -0.2) is 9.97 Å². The zero-order chi connectivity index (χ0) is 15.9. The highest BCUT2D eigenvalue weighted by atomic mass is 35.5. The molecule has 0 saturated carbocycles. The minimum absolute atomic E-state index is 0.250. The van der Waals surface area contributed by atoms with Crippen LogP contribution in [0.15, 0.2) is 30.6 Å². The van der Waals surface area contributed by atoms with E-state index in [0.717, 1.165) is 0 Å². The first-order chi connectivity index (χ1) is 10.4. The molecule has 0 spiro atoms. The van der Waals surface area contributed by atoms with Crippen LogP contribution in [0, 0.1) is 0 Å². The predicted octanol–water partition coefficient (Wildman–Crippen LogP) is 4.31. The maximum atomic E-state index is 13.2. The highest BCUT2D eigenvalue weighted by Crippen LogP contribution is 2.39. The largest absolute Gasteiger partial charge is 0.495 e. The molecular formula is C14H9ClF3N3O. The number of aromatic nitrogens is 3. The lowest BCUT2D eigenvalue weighted by Crippen LogP contribution is -2.09. The Morgan fingerprint density at radius 3 is 2.73 bits per heavy atom. The molecule has 0 bridgehead atoms. The quantitative estimate of drug-likeness (QED) is 0.714. The number of H-pyrrole nitrogens is 1. The van der Waals surface area contributed by atoms with Crippen molar-refractivity contribution in [2.75, 3.05) is 7.11 Å². The zero-order valence-corrected chi connectivity index (χ0v) is 12.0. The molecule has 0 aliphatic carbocycles. The van der Waals surface area contributed by atoms with E-state index >= 15 is 0 Å². The fraction of sp³-hybridized carbons (Fsp3) is 0.143. The molecule has 2 aromatic heterocycles. The number of fused-ring (bicyclic) bond motifs is 1. The van der Waals surface area contributed by atoms with Gasteiger partial charge in [0.2, 0.25) is 5.28 Å². The van der Waals surface area contributed by atoms with Crippen molar-refractivity contribution in [3.05, 3.63) is 41.4 Å². The molecule has 1 aromatic carbocycles. The van der Waals surface area contributed by atoms with E-state index in [-0.39, 0.29) is 16.5 Å². The summed E-state index contributed by atoms with van der Waals surface area (Å²) in [6, 6.07) is 5.08. The van der Waals surface area contributed by atoms with Crippen LogP contribution in [0.4, 0.5) is 13.2 Å². The molecular weight excluding hydrogens is 319 g/mol. The summed E-state index contributed by atoms with van der Waals surface area (Å²) in [6.45, 7) is 0. The Labute approximate surface area is 127 Å². The lowest BCUT2D eigenvalue weighted by molar-refractivity contribution is -0.137. The molecule has 0 atom stereocenters. The monoisotopic (exact) mass is 327 g/mol. The number of hydrogen-bond acceptors (Lipinski definition) is 3. The Hall–Kier alpha value is -2.28. The van der Waals surface area contributed by atoms with Gasteiger partial charge in [0.1, 0.15) is 11.3 Å². The van der Waals surface area contributed by atoms with E-state index in [1.807, 2.05) is 0 Å². The Morgan fingerprint density at radius 2 is 2.05 bits per heavy atom. The van der Waals surface area contributed by atoms with Crippen LogP contribution >= 0.6 is 11.6 Å². The summed E-state index contributed by atoms with van der Waals surface area (Å²) in [7, 11) is 1.48. The minimum atomic E-state index is -4.58. The molecule has 0 unspecified atom stereocenters. The van der Waals surface area contributed by atoms with Gasteiger partial charge in [-0.1, -0.05) is 12.1 Å². The number of halogens is 4. The van der Waals surface area contributed by atoms with Crippen LogP contribution < -0.4 is 4.74 Å². The van der Waals surface area contributed by atoms with E-state index in [0.29, 0.717) is 22.8 Å². The molecule has 0 saturated heterocycles. The van der Waals surface area contributed by atoms with Crippen LogP contribution in [0.5, 0.6) is 5.75 Å². The van der Waals surface area contributed by atoms with E-state index in [1.165, 1.54) is 13.3 Å². The average Bonchev–Trinajstić information content (AvgIpc) is 2.89. The molecule has 22 heavy (non-hydrogen) atoms. The summed E-state index contributed by atoms with van der Waals surface area (Å²) in [4.78, 5) is 10.1. The summed E-state index contributed by atoms with van der Waals surface area (Å²) < 4.78 is 44.7. The molecule has 0 aliphatic rings. The summed E-state index contributed by atoms with van der Waals surface area (Å²) in [5, 5.41) is 0.305. The highest BCUT2D eigenvalue weighted by molar-refractivity contribution is 6.28. The molecule has 0 radical (unpaired) electrons. The molecule has 3 aromatic rings. The average molecular weight is 328 g/mol. The normalized spacial score (nSPS) is 11.9. The standard InChI is InChI=1S/C14H9ClF3N3O/c1-22-10-4-2-3-7-8(5-19-12(7)10)11-9(14(16,17)18)6-20-13(15)21-11/h2-6,19H,1H3.